The van der Waals surface area contributed by atoms with E-state index < -0.39 is 12.0 Å². The Morgan fingerprint density at radius 3 is 2.72 bits per heavy atom. The maximum atomic E-state index is 15.3. The number of carboxylic acids is 1. The van der Waals surface area contributed by atoms with Gasteiger partial charge in [0.2, 0.25) is 0 Å². The van der Waals surface area contributed by atoms with E-state index in [1.54, 1.807) is 49.4 Å². The molecule has 0 bridgehead atoms. The smallest absolute Gasteiger partial charge is 0.307 e. The van der Waals surface area contributed by atoms with Gasteiger partial charge in [-0.25, -0.2) is 4.39 Å². The highest BCUT2D eigenvalue weighted by molar-refractivity contribution is 5.71. The van der Waals surface area contributed by atoms with Gasteiger partial charge in [0.05, 0.1) is 12.5 Å². The van der Waals surface area contributed by atoms with Crippen molar-refractivity contribution in [2.24, 2.45) is 5.73 Å². The Morgan fingerprint density at radius 1 is 1.14 bits per heavy atom. The number of carbonyl (C=O) groups is 1. The molecule has 3 aromatic carbocycles. The lowest BCUT2D eigenvalue weighted by Gasteiger charge is -2.23. The molecule has 1 aliphatic rings. The van der Waals surface area contributed by atoms with Gasteiger partial charge in [-0.15, -0.1) is 0 Å². The molecule has 1 heterocycles. The first-order valence-corrected chi connectivity index (χ1v) is 12.3. The molecule has 0 aliphatic carbocycles. The maximum absolute atomic E-state index is 15.3. The minimum atomic E-state index is -0.932. The van der Waals surface area contributed by atoms with Crippen LogP contribution >= 0.6 is 0 Å². The average Bonchev–Trinajstić information content (AvgIpc) is 2.87. The average molecular weight is 494 g/mol. The summed E-state index contributed by atoms with van der Waals surface area (Å²) in [5, 5.41) is 9.20. The van der Waals surface area contributed by atoms with Crippen molar-refractivity contribution < 1.29 is 28.5 Å². The van der Waals surface area contributed by atoms with Crippen molar-refractivity contribution in [2.45, 2.75) is 51.4 Å². The number of benzene rings is 3. The minimum absolute atomic E-state index is 0.0307. The number of halogens is 1. The molecule has 2 atom stereocenters. The van der Waals surface area contributed by atoms with E-state index in [1.165, 1.54) is 0 Å². The molecule has 1 aliphatic heterocycles. The normalized spacial score (nSPS) is 16.4. The Kier molecular flexibility index (Phi) is 8.57. The van der Waals surface area contributed by atoms with Crippen LogP contribution in [0, 0.1) is 5.82 Å². The number of ether oxygens (including phenoxy) is 3. The predicted octanol–water partition coefficient (Wildman–Crippen LogP) is 5.67. The SMILES string of the molecule is CC(N)c1cccc(-c2cc(COc3ccccc3CC(=O)O)cc(OCC3CCCCO3)c2)c1F. The first-order chi connectivity index (χ1) is 17.4. The largest absolute Gasteiger partial charge is 0.491 e. The third-order valence-electron chi connectivity index (χ3n) is 6.21. The van der Waals surface area contributed by atoms with Crippen molar-refractivity contribution in [3.05, 3.63) is 83.2 Å². The topological polar surface area (TPSA) is 91.0 Å². The molecule has 36 heavy (non-hydrogen) atoms. The van der Waals surface area contributed by atoms with Gasteiger partial charge < -0.3 is 25.1 Å². The van der Waals surface area contributed by atoms with Crippen LogP contribution in [0.3, 0.4) is 0 Å². The third-order valence-corrected chi connectivity index (χ3v) is 6.21. The van der Waals surface area contributed by atoms with Gasteiger partial charge in [0.1, 0.15) is 30.5 Å². The van der Waals surface area contributed by atoms with E-state index >= 15 is 4.39 Å². The Morgan fingerprint density at radius 2 is 1.97 bits per heavy atom. The zero-order chi connectivity index (χ0) is 25.5. The molecule has 0 radical (unpaired) electrons. The molecule has 3 N–H and O–H groups in total. The molecular formula is C29H32FNO5. The predicted molar refractivity (Wildman–Crippen MR) is 136 cm³/mol. The standard InChI is InChI=1S/C29H32FNO5/c1-19(31)25-9-6-10-26(29(25)30)22-13-20(14-24(15-22)35-18-23-8-4-5-12-34-23)17-36-27-11-3-2-7-21(27)16-28(32)33/h2-3,6-7,9-11,13-15,19,23H,4-5,8,12,16-18,31H2,1H3,(H,32,33). The van der Waals surface area contributed by atoms with Gasteiger partial charge in [-0.3, -0.25) is 4.79 Å². The number of aliphatic carboxylic acids is 1. The zero-order valence-electron chi connectivity index (χ0n) is 20.4. The van der Waals surface area contributed by atoms with Crippen molar-refractivity contribution in [2.75, 3.05) is 13.2 Å². The first kappa shape index (κ1) is 25.7. The van der Waals surface area contributed by atoms with Crippen molar-refractivity contribution in [3.8, 4) is 22.6 Å². The van der Waals surface area contributed by atoms with Crippen molar-refractivity contribution in [1.82, 2.24) is 0 Å². The molecule has 6 nitrogen and oxygen atoms in total. The molecule has 3 aromatic rings. The Labute approximate surface area is 210 Å². The number of hydrogen-bond acceptors (Lipinski definition) is 5. The summed E-state index contributed by atoms with van der Waals surface area (Å²) in [5.74, 6) is -0.213. The van der Waals surface area contributed by atoms with E-state index in [-0.39, 0.29) is 24.9 Å². The first-order valence-electron chi connectivity index (χ1n) is 12.3. The third kappa shape index (κ3) is 6.62. The van der Waals surface area contributed by atoms with Gasteiger partial charge in [0.15, 0.2) is 0 Å². The maximum Gasteiger partial charge on any atom is 0.307 e. The van der Waals surface area contributed by atoms with Crippen LogP contribution in [0.15, 0.2) is 60.7 Å². The summed E-state index contributed by atoms with van der Waals surface area (Å²) in [6, 6.07) is 17.3. The highest BCUT2D eigenvalue weighted by atomic mass is 19.1. The lowest BCUT2D eigenvalue weighted by molar-refractivity contribution is -0.136. The number of rotatable bonds is 10. The van der Waals surface area contributed by atoms with E-state index in [0.29, 0.717) is 40.4 Å². The Hall–Kier alpha value is -3.42. The van der Waals surface area contributed by atoms with Crippen LogP contribution in [0.25, 0.3) is 11.1 Å². The molecule has 1 saturated heterocycles. The molecule has 1 fully saturated rings. The van der Waals surface area contributed by atoms with Gasteiger partial charge in [-0.2, -0.15) is 0 Å². The van der Waals surface area contributed by atoms with Crippen LogP contribution < -0.4 is 15.2 Å². The van der Waals surface area contributed by atoms with E-state index in [1.807, 2.05) is 18.2 Å². The number of nitrogens with two attached hydrogens (primary N) is 1. The molecule has 0 saturated carbocycles. The van der Waals surface area contributed by atoms with E-state index in [4.69, 9.17) is 19.9 Å². The zero-order valence-corrected chi connectivity index (χ0v) is 20.4. The molecule has 0 spiro atoms. The summed E-state index contributed by atoms with van der Waals surface area (Å²) < 4.78 is 33.2. The van der Waals surface area contributed by atoms with Gasteiger partial charge >= 0.3 is 5.97 Å². The van der Waals surface area contributed by atoms with Gasteiger partial charge in [-0.05, 0) is 61.6 Å². The number of carboxylic acid groups (broad SMARTS) is 1. The molecule has 0 aromatic heterocycles. The lowest BCUT2D eigenvalue weighted by Crippen LogP contribution is -2.25. The lowest BCUT2D eigenvalue weighted by atomic mass is 9.97. The van der Waals surface area contributed by atoms with Gasteiger partial charge in [-0.1, -0.05) is 36.4 Å². The van der Waals surface area contributed by atoms with Crippen LogP contribution in [-0.4, -0.2) is 30.4 Å². The number of para-hydroxylation sites is 1. The molecule has 190 valence electrons. The summed E-state index contributed by atoms with van der Waals surface area (Å²) >= 11 is 0. The van der Waals surface area contributed by atoms with Crippen LogP contribution in [0.1, 0.15) is 48.9 Å². The fourth-order valence-corrected chi connectivity index (χ4v) is 4.35. The minimum Gasteiger partial charge on any atom is -0.491 e. The molecular weight excluding hydrogens is 461 g/mol. The van der Waals surface area contributed by atoms with Gasteiger partial charge in [0.25, 0.3) is 0 Å². The van der Waals surface area contributed by atoms with E-state index in [2.05, 4.69) is 0 Å². The van der Waals surface area contributed by atoms with Crippen molar-refractivity contribution in [1.29, 1.82) is 0 Å². The summed E-state index contributed by atoms with van der Waals surface area (Å²) in [6.45, 7) is 3.06. The number of hydrogen-bond donors (Lipinski definition) is 2. The second kappa shape index (κ2) is 12.0. The summed E-state index contributed by atoms with van der Waals surface area (Å²) in [6.07, 6.45) is 3.01. The fourth-order valence-electron chi connectivity index (χ4n) is 4.35. The Balaban J connectivity index is 1.62. The van der Waals surface area contributed by atoms with Gasteiger partial charge in [0, 0.05) is 29.3 Å². The highest BCUT2D eigenvalue weighted by Crippen LogP contribution is 2.32. The molecule has 7 heteroatoms. The molecule has 0 amide bonds. The second-order valence-electron chi connectivity index (χ2n) is 9.13. The second-order valence-corrected chi connectivity index (χ2v) is 9.13. The van der Waals surface area contributed by atoms with E-state index in [9.17, 15) is 9.90 Å². The fraction of sp³-hybridized carbons (Fsp3) is 0.345. The Bertz CT molecular complexity index is 1190. The molecule has 4 rings (SSSR count). The quantitative estimate of drug-likeness (QED) is 0.378. The van der Waals surface area contributed by atoms with Crippen molar-refractivity contribution in [3.63, 3.8) is 0 Å². The summed E-state index contributed by atoms with van der Waals surface area (Å²) in [4.78, 5) is 11.2. The molecule has 2 unspecified atom stereocenters. The van der Waals surface area contributed by atoms with Crippen molar-refractivity contribution >= 4 is 5.97 Å². The highest BCUT2D eigenvalue weighted by Gasteiger charge is 2.17. The van der Waals surface area contributed by atoms with Crippen LogP contribution in [0.5, 0.6) is 11.5 Å². The van der Waals surface area contributed by atoms with E-state index in [0.717, 1.165) is 31.4 Å². The summed E-state index contributed by atoms with van der Waals surface area (Å²) in [7, 11) is 0. The summed E-state index contributed by atoms with van der Waals surface area (Å²) in [5.41, 5.74) is 8.84. The monoisotopic (exact) mass is 493 g/mol. The van der Waals surface area contributed by atoms with Crippen LogP contribution in [0.4, 0.5) is 4.39 Å². The van der Waals surface area contributed by atoms with Crippen LogP contribution in [-0.2, 0) is 22.6 Å². The van der Waals surface area contributed by atoms with Crippen LogP contribution in [0.2, 0.25) is 0 Å².